The number of halogens is 4. The monoisotopic (exact) mass is 779 g/mol. The number of alkyl halides is 3. The molecule has 2 amide bonds. The van der Waals surface area contributed by atoms with Crippen molar-refractivity contribution in [2.45, 2.75) is 76.0 Å². The second-order valence-electron chi connectivity index (χ2n) is 13.8. The van der Waals surface area contributed by atoms with Crippen LogP contribution in [0.3, 0.4) is 0 Å². The molecule has 7 rings (SSSR count). The van der Waals surface area contributed by atoms with E-state index < -0.39 is 23.7 Å². The van der Waals surface area contributed by atoms with Gasteiger partial charge in [0.15, 0.2) is 0 Å². The van der Waals surface area contributed by atoms with E-state index in [9.17, 15) is 22.8 Å². The van der Waals surface area contributed by atoms with Gasteiger partial charge in [-0.1, -0.05) is 35.9 Å². The molecule has 1 aliphatic carbocycles. The van der Waals surface area contributed by atoms with E-state index >= 15 is 0 Å². The van der Waals surface area contributed by atoms with Gasteiger partial charge in [0, 0.05) is 79.6 Å². The first-order chi connectivity index (χ1) is 26.5. The van der Waals surface area contributed by atoms with Crippen molar-refractivity contribution in [3.05, 3.63) is 81.5 Å². The van der Waals surface area contributed by atoms with Crippen molar-refractivity contribution in [2.24, 2.45) is 0 Å². The normalized spacial score (nSPS) is 19.3. The number of rotatable bonds is 14. The van der Waals surface area contributed by atoms with Crippen LogP contribution in [0.2, 0.25) is 5.02 Å². The van der Waals surface area contributed by atoms with Crippen LogP contribution in [0.5, 0.6) is 17.6 Å². The second kappa shape index (κ2) is 16.4. The van der Waals surface area contributed by atoms with Gasteiger partial charge >= 0.3 is 6.18 Å². The topological polar surface area (TPSA) is 149 Å². The SMILES string of the molecule is COc1nc(-c2ccnc(-c3cccc4c3CC[C@@H]4Oc3nc(OC)c(CNC[C@@H]4CCC(=O)N4)cc3C(F)(F)F)c2Cl)ccc1CNC[C@H]1CCC(=O)N1. The standard InChI is InChI=1S/C39H41ClF3N7O5/c1-53-36-21(17-44-19-23-7-12-32(51)47-23)6-10-30(49-36)28-14-15-46-35(34(28)40)27-5-3-4-26-25(27)9-11-31(26)55-38-29(39(41,42)43)16-22(37(50-38)54-2)18-45-20-24-8-13-33(52)48-24/h3-6,10,14-16,23-24,31,44-45H,7-9,11-13,17-20H2,1-2H3,(H,47,51)(H,48,52)/t23-,24+,31+/m1/s1. The lowest BCUT2D eigenvalue weighted by molar-refractivity contribution is -0.139. The maximum atomic E-state index is 14.5. The minimum atomic E-state index is -4.75. The van der Waals surface area contributed by atoms with Crippen LogP contribution in [-0.4, -0.2) is 66.2 Å². The zero-order chi connectivity index (χ0) is 38.7. The van der Waals surface area contributed by atoms with Gasteiger partial charge in [0.25, 0.3) is 0 Å². The third kappa shape index (κ3) is 8.48. The lowest BCUT2D eigenvalue weighted by Gasteiger charge is -2.21. The van der Waals surface area contributed by atoms with Crippen LogP contribution in [-0.2, 0) is 35.3 Å². The molecule has 0 saturated carbocycles. The number of aromatic nitrogens is 3. The van der Waals surface area contributed by atoms with Crippen LogP contribution >= 0.6 is 11.6 Å². The summed E-state index contributed by atoms with van der Waals surface area (Å²) < 4.78 is 60.5. The van der Waals surface area contributed by atoms with Crippen LogP contribution in [0, 0.1) is 0 Å². The van der Waals surface area contributed by atoms with Gasteiger partial charge in [-0.05, 0) is 55.0 Å². The number of nitrogens with one attached hydrogen (secondary N) is 4. The lowest BCUT2D eigenvalue weighted by atomic mass is 9.98. The van der Waals surface area contributed by atoms with E-state index in [1.165, 1.54) is 7.11 Å². The number of carbonyl (C=O) groups excluding carboxylic acids is 2. The summed E-state index contributed by atoms with van der Waals surface area (Å²) in [5.41, 5.74) is 4.09. The summed E-state index contributed by atoms with van der Waals surface area (Å²) in [5, 5.41) is 12.6. The first-order valence-corrected chi connectivity index (χ1v) is 18.5. The fourth-order valence-corrected chi connectivity index (χ4v) is 7.71. The van der Waals surface area contributed by atoms with Crippen molar-refractivity contribution < 1.29 is 37.0 Å². The van der Waals surface area contributed by atoms with Crippen LogP contribution in [0.1, 0.15) is 66.0 Å². The molecule has 2 saturated heterocycles. The largest absolute Gasteiger partial charge is 0.481 e. The Morgan fingerprint density at radius 3 is 2.13 bits per heavy atom. The molecule has 2 fully saturated rings. The second-order valence-corrected chi connectivity index (χ2v) is 14.2. The zero-order valence-electron chi connectivity index (χ0n) is 30.3. The van der Waals surface area contributed by atoms with Crippen LogP contribution in [0.4, 0.5) is 13.2 Å². The maximum absolute atomic E-state index is 14.5. The van der Waals surface area contributed by atoms with Crippen molar-refractivity contribution in [3.8, 4) is 40.2 Å². The van der Waals surface area contributed by atoms with Crippen LogP contribution < -0.4 is 35.5 Å². The fraction of sp³-hybridized carbons (Fsp3) is 0.410. The number of hydrogen-bond donors (Lipinski definition) is 4. The van der Waals surface area contributed by atoms with Gasteiger partial charge in [-0.25, -0.2) is 4.98 Å². The average molecular weight is 780 g/mol. The van der Waals surface area contributed by atoms with Crippen molar-refractivity contribution in [1.82, 2.24) is 36.2 Å². The minimum absolute atomic E-state index is 0.0133. The van der Waals surface area contributed by atoms with E-state index in [4.69, 9.17) is 30.8 Å². The van der Waals surface area contributed by atoms with E-state index in [-0.39, 0.29) is 41.9 Å². The summed E-state index contributed by atoms with van der Waals surface area (Å²) in [6.07, 6.45) is -0.494. The van der Waals surface area contributed by atoms with Crippen molar-refractivity contribution in [2.75, 3.05) is 27.3 Å². The molecule has 3 atom stereocenters. The predicted octanol–water partition coefficient (Wildman–Crippen LogP) is 5.70. The smallest absolute Gasteiger partial charge is 0.421 e. The number of methoxy groups -OCH3 is 2. The Bertz CT molecular complexity index is 2080. The Kier molecular flexibility index (Phi) is 11.4. The number of nitrogens with zero attached hydrogens (tertiary/aromatic N) is 3. The first kappa shape index (κ1) is 38.3. The Hall–Kier alpha value is -4.99. The summed E-state index contributed by atoms with van der Waals surface area (Å²) in [5.74, 6) is -0.0998. The summed E-state index contributed by atoms with van der Waals surface area (Å²) in [7, 11) is 2.90. The van der Waals surface area contributed by atoms with Crippen molar-refractivity contribution >= 4 is 23.4 Å². The Morgan fingerprint density at radius 1 is 0.818 bits per heavy atom. The number of amides is 2. The molecule has 4 aromatic rings. The molecule has 0 spiro atoms. The summed E-state index contributed by atoms with van der Waals surface area (Å²) >= 11 is 7.05. The number of pyridine rings is 3. The van der Waals surface area contributed by atoms with E-state index in [2.05, 4.69) is 31.2 Å². The predicted molar refractivity (Wildman–Crippen MR) is 198 cm³/mol. The van der Waals surface area contributed by atoms with Crippen molar-refractivity contribution in [3.63, 3.8) is 0 Å². The number of benzene rings is 1. The van der Waals surface area contributed by atoms with Gasteiger partial charge in [-0.15, -0.1) is 0 Å². The van der Waals surface area contributed by atoms with Crippen molar-refractivity contribution in [1.29, 1.82) is 0 Å². The van der Waals surface area contributed by atoms with E-state index in [1.54, 1.807) is 25.4 Å². The summed E-state index contributed by atoms with van der Waals surface area (Å²) in [4.78, 5) is 36.6. The van der Waals surface area contributed by atoms with Gasteiger partial charge < -0.3 is 35.5 Å². The van der Waals surface area contributed by atoms with Gasteiger partial charge in [0.1, 0.15) is 11.7 Å². The Balaban J connectivity index is 1.10. The van der Waals surface area contributed by atoms with E-state index in [0.717, 1.165) is 29.2 Å². The zero-order valence-corrected chi connectivity index (χ0v) is 31.1. The first-order valence-electron chi connectivity index (χ1n) is 18.1. The van der Waals surface area contributed by atoms with Gasteiger partial charge in [-0.3, -0.25) is 14.6 Å². The summed E-state index contributed by atoms with van der Waals surface area (Å²) in [6.45, 7) is 1.58. The van der Waals surface area contributed by atoms with Gasteiger partial charge in [-0.2, -0.15) is 18.2 Å². The van der Waals surface area contributed by atoms with Gasteiger partial charge in [0.05, 0.1) is 30.6 Å². The molecular formula is C39H41ClF3N7O5. The van der Waals surface area contributed by atoms with Crippen LogP contribution in [0.25, 0.3) is 22.5 Å². The molecule has 16 heteroatoms. The number of fused-ring (bicyclic) bond motifs is 1. The highest BCUT2D eigenvalue weighted by atomic mass is 35.5. The molecule has 0 unspecified atom stereocenters. The molecule has 2 aliphatic heterocycles. The molecule has 0 radical (unpaired) electrons. The molecule has 0 bridgehead atoms. The highest BCUT2D eigenvalue weighted by Crippen LogP contribution is 2.45. The molecule has 3 aliphatic rings. The quantitative estimate of drug-likeness (QED) is 0.126. The Morgan fingerprint density at radius 2 is 1.49 bits per heavy atom. The highest BCUT2D eigenvalue weighted by Gasteiger charge is 2.39. The molecule has 4 N–H and O–H groups in total. The highest BCUT2D eigenvalue weighted by molar-refractivity contribution is 6.35. The maximum Gasteiger partial charge on any atom is 0.421 e. The molecular weight excluding hydrogens is 739 g/mol. The summed E-state index contributed by atoms with van der Waals surface area (Å²) in [6, 6.07) is 12.1. The molecule has 55 heavy (non-hydrogen) atoms. The number of hydrogen-bond acceptors (Lipinski definition) is 10. The lowest BCUT2D eigenvalue weighted by Crippen LogP contribution is -2.35. The molecule has 3 aromatic heterocycles. The van der Waals surface area contributed by atoms with Gasteiger partial charge in [0.2, 0.25) is 29.5 Å². The Labute approximate surface area is 320 Å². The average Bonchev–Trinajstić information content (AvgIpc) is 3.91. The van der Waals surface area contributed by atoms with E-state index in [0.29, 0.717) is 85.2 Å². The molecule has 12 nitrogen and oxygen atoms in total. The molecule has 5 heterocycles. The molecule has 1 aromatic carbocycles. The molecule has 290 valence electrons. The third-order valence-electron chi connectivity index (χ3n) is 10.1. The third-order valence-corrected chi connectivity index (χ3v) is 10.5. The van der Waals surface area contributed by atoms with E-state index in [1.807, 2.05) is 24.3 Å². The number of carbonyl (C=O) groups is 2. The minimum Gasteiger partial charge on any atom is -0.481 e. The fourth-order valence-electron chi connectivity index (χ4n) is 7.40. The number of ether oxygens (including phenoxy) is 3. The van der Waals surface area contributed by atoms with Crippen LogP contribution in [0.15, 0.2) is 48.7 Å².